The molecule has 2 aromatic heterocycles. The molecule has 90 valence electrons. The molecule has 0 amide bonds. The van der Waals surface area contributed by atoms with Crippen LogP contribution in [0.2, 0.25) is 0 Å². The Labute approximate surface area is 103 Å². The molecule has 0 bridgehead atoms. The summed E-state index contributed by atoms with van der Waals surface area (Å²) < 4.78 is 14.9. The van der Waals surface area contributed by atoms with E-state index in [2.05, 4.69) is 15.4 Å². The summed E-state index contributed by atoms with van der Waals surface area (Å²) >= 11 is 0. The van der Waals surface area contributed by atoms with Gasteiger partial charge in [-0.05, 0) is 42.8 Å². The predicted molar refractivity (Wildman–Crippen MR) is 67.4 cm³/mol. The number of imidazole rings is 1. The summed E-state index contributed by atoms with van der Waals surface area (Å²) in [5.41, 5.74) is 2.32. The quantitative estimate of drug-likeness (QED) is 0.751. The average Bonchev–Trinajstić information content (AvgIpc) is 2.74. The Bertz CT molecular complexity index is 685. The summed E-state index contributed by atoms with van der Waals surface area (Å²) in [5, 5.41) is 7.38. The molecule has 0 aliphatic carbocycles. The van der Waals surface area contributed by atoms with E-state index in [0.717, 1.165) is 11.2 Å². The molecule has 0 atom stereocenters. The third-order valence-corrected chi connectivity index (χ3v) is 2.57. The fraction of sp³-hybridized carbons (Fsp3) is 0.0769. The van der Waals surface area contributed by atoms with Crippen LogP contribution in [-0.2, 0) is 0 Å². The van der Waals surface area contributed by atoms with Crippen molar-refractivity contribution in [1.29, 1.82) is 0 Å². The van der Waals surface area contributed by atoms with Crippen LogP contribution in [0.1, 0.15) is 5.56 Å². The predicted octanol–water partition coefficient (Wildman–Crippen LogP) is 2.92. The monoisotopic (exact) mass is 242 g/mol. The van der Waals surface area contributed by atoms with Crippen molar-refractivity contribution in [2.75, 3.05) is 5.32 Å². The highest BCUT2D eigenvalue weighted by Crippen LogP contribution is 2.17. The molecule has 0 radical (unpaired) electrons. The molecule has 18 heavy (non-hydrogen) atoms. The molecular weight excluding hydrogens is 231 g/mol. The van der Waals surface area contributed by atoms with E-state index in [1.54, 1.807) is 16.9 Å². The Morgan fingerprint density at radius 3 is 2.94 bits per heavy atom. The standard InChI is InChI=1S/C13H11FN4/c1-9-6-10(14)8-11(7-9)16-12-2-3-13-15-4-5-18(13)17-12/h2-8H,1H3,(H,16,17). The van der Waals surface area contributed by atoms with E-state index in [-0.39, 0.29) is 5.82 Å². The number of anilines is 2. The Morgan fingerprint density at radius 2 is 2.11 bits per heavy atom. The van der Waals surface area contributed by atoms with Crippen molar-refractivity contribution >= 4 is 17.2 Å². The number of nitrogens with zero attached hydrogens (tertiary/aromatic N) is 3. The fourth-order valence-electron chi connectivity index (χ4n) is 1.84. The van der Waals surface area contributed by atoms with Gasteiger partial charge in [-0.1, -0.05) is 0 Å². The van der Waals surface area contributed by atoms with Crippen LogP contribution >= 0.6 is 0 Å². The maximum Gasteiger partial charge on any atom is 0.153 e. The largest absolute Gasteiger partial charge is 0.339 e. The van der Waals surface area contributed by atoms with Gasteiger partial charge in [-0.25, -0.2) is 13.9 Å². The molecule has 0 saturated heterocycles. The van der Waals surface area contributed by atoms with Gasteiger partial charge < -0.3 is 5.32 Å². The van der Waals surface area contributed by atoms with Crippen LogP contribution in [0.25, 0.3) is 5.65 Å². The van der Waals surface area contributed by atoms with E-state index in [9.17, 15) is 4.39 Å². The first-order chi connectivity index (χ1) is 8.70. The second-order valence-electron chi connectivity index (χ2n) is 4.09. The fourth-order valence-corrected chi connectivity index (χ4v) is 1.84. The van der Waals surface area contributed by atoms with Gasteiger partial charge in [-0.15, -0.1) is 5.10 Å². The van der Waals surface area contributed by atoms with Crippen LogP contribution in [0.4, 0.5) is 15.9 Å². The molecule has 0 saturated carbocycles. The van der Waals surface area contributed by atoms with Gasteiger partial charge in [0.05, 0.1) is 0 Å². The van der Waals surface area contributed by atoms with E-state index >= 15 is 0 Å². The van der Waals surface area contributed by atoms with Crippen molar-refractivity contribution in [3.05, 3.63) is 54.1 Å². The Morgan fingerprint density at radius 1 is 1.22 bits per heavy atom. The van der Waals surface area contributed by atoms with Gasteiger partial charge in [-0.2, -0.15) is 0 Å². The number of benzene rings is 1. The van der Waals surface area contributed by atoms with Crippen LogP contribution in [0.3, 0.4) is 0 Å². The molecule has 2 heterocycles. The number of hydrogen-bond acceptors (Lipinski definition) is 3. The minimum atomic E-state index is -0.263. The first-order valence-corrected chi connectivity index (χ1v) is 5.55. The van der Waals surface area contributed by atoms with Crippen molar-refractivity contribution in [1.82, 2.24) is 14.6 Å². The molecule has 3 rings (SSSR count). The first kappa shape index (κ1) is 10.7. The molecular formula is C13H11FN4. The maximum absolute atomic E-state index is 13.3. The van der Waals surface area contributed by atoms with Gasteiger partial charge in [0.25, 0.3) is 0 Å². The summed E-state index contributed by atoms with van der Waals surface area (Å²) in [4.78, 5) is 4.11. The van der Waals surface area contributed by atoms with Crippen molar-refractivity contribution in [2.24, 2.45) is 0 Å². The molecule has 1 aromatic carbocycles. The molecule has 0 fully saturated rings. The molecule has 0 unspecified atom stereocenters. The second kappa shape index (κ2) is 4.10. The van der Waals surface area contributed by atoms with E-state index in [0.29, 0.717) is 11.5 Å². The SMILES string of the molecule is Cc1cc(F)cc(Nc2ccc3nccn3n2)c1. The smallest absolute Gasteiger partial charge is 0.153 e. The number of rotatable bonds is 2. The van der Waals surface area contributed by atoms with E-state index in [1.165, 1.54) is 12.1 Å². The third kappa shape index (κ3) is 2.02. The minimum absolute atomic E-state index is 0.263. The number of halogens is 1. The molecule has 5 heteroatoms. The van der Waals surface area contributed by atoms with Gasteiger partial charge in [0.15, 0.2) is 11.5 Å². The summed E-state index contributed by atoms with van der Waals surface area (Å²) in [6.07, 6.45) is 3.44. The van der Waals surface area contributed by atoms with Crippen molar-refractivity contribution in [3.63, 3.8) is 0 Å². The molecule has 1 N–H and O–H groups in total. The van der Waals surface area contributed by atoms with Gasteiger partial charge in [-0.3, -0.25) is 0 Å². The maximum atomic E-state index is 13.3. The van der Waals surface area contributed by atoms with Gasteiger partial charge >= 0.3 is 0 Å². The lowest BCUT2D eigenvalue weighted by Crippen LogP contribution is -1.98. The van der Waals surface area contributed by atoms with E-state index in [1.807, 2.05) is 25.1 Å². The van der Waals surface area contributed by atoms with E-state index in [4.69, 9.17) is 0 Å². The number of aromatic nitrogens is 3. The van der Waals surface area contributed by atoms with E-state index < -0.39 is 0 Å². The summed E-state index contributed by atoms with van der Waals surface area (Å²) in [6.45, 7) is 1.85. The van der Waals surface area contributed by atoms with Crippen LogP contribution in [0, 0.1) is 12.7 Å². The van der Waals surface area contributed by atoms with Crippen molar-refractivity contribution in [2.45, 2.75) is 6.92 Å². The zero-order valence-electron chi connectivity index (χ0n) is 9.76. The number of aryl methyl sites for hydroxylation is 1. The van der Waals surface area contributed by atoms with Gasteiger partial charge in [0, 0.05) is 18.1 Å². The molecule has 0 aliphatic rings. The minimum Gasteiger partial charge on any atom is -0.339 e. The number of fused-ring (bicyclic) bond motifs is 1. The van der Waals surface area contributed by atoms with Crippen LogP contribution in [0.5, 0.6) is 0 Å². The second-order valence-corrected chi connectivity index (χ2v) is 4.09. The van der Waals surface area contributed by atoms with Crippen molar-refractivity contribution < 1.29 is 4.39 Å². The van der Waals surface area contributed by atoms with Gasteiger partial charge in [0.2, 0.25) is 0 Å². The number of nitrogens with one attached hydrogen (secondary N) is 1. The zero-order valence-corrected chi connectivity index (χ0v) is 9.76. The topological polar surface area (TPSA) is 42.2 Å². The van der Waals surface area contributed by atoms with Crippen LogP contribution in [-0.4, -0.2) is 14.6 Å². The highest BCUT2D eigenvalue weighted by molar-refractivity contribution is 5.58. The Kier molecular flexibility index (Phi) is 2.44. The van der Waals surface area contributed by atoms with Crippen LogP contribution in [0.15, 0.2) is 42.7 Å². The molecule has 4 nitrogen and oxygen atoms in total. The third-order valence-electron chi connectivity index (χ3n) is 2.57. The highest BCUT2D eigenvalue weighted by Gasteiger charge is 2.01. The Balaban J connectivity index is 1.95. The summed E-state index contributed by atoms with van der Waals surface area (Å²) in [6, 6.07) is 8.44. The average molecular weight is 242 g/mol. The Hall–Kier alpha value is -2.43. The zero-order chi connectivity index (χ0) is 12.5. The molecule has 0 aliphatic heterocycles. The lowest BCUT2D eigenvalue weighted by molar-refractivity contribution is 0.627. The normalized spacial score (nSPS) is 10.8. The molecule has 0 spiro atoms. The lowest BCUT2D eigenvalue weighted by atomic mass is 10.2. The van der Waals surface area contributed by atoms with Gasteiger partial charge in [0.1, 0.15) is 5.82 Å². The summed E-state index contributed by atoms with van der Waals surface area (Å²) in [5.74, 6) is 0.381. The first-order valence-electron chi connectivity index (χ1n) is 5.55. The van der Waals surface area contributed by atoms with Crippen molar-refractivity contribution in [3.8, 4) is 0 Å². The molecule has 3 aromatic rings. The highest BCUT2D eigenvalue weighted by atomic mass is 19.1. The number of hydrogen-bond donors (Lipinski definition) is 1. The van der Waals surface area contributed by atoms with Crippen LogP contribution < -0.4 is 5.32 Å². The lowest BCUT2D eigenvalue weighted by Gasteiger charge is -2.06. The summed E-state index contributed by atoms with van der Waals surface area (Å²) in [7, 11) is 0.